The smallest absolute Gasteiger partial charge is 0.331 e. The highest BCUT2D eigenvalue weighted by molar-refractivity contribution is 6.42. The zero-order chi connectivity index (χ0) is 18.2. The van der Waals surface area contributed by atoms with Crippen LogP contribution in [0.2, 0.25) is 15.1 Å². The highest BCUT2D eigenvalue weighted by atomic mass is 35.5. The van der Waals surface area contributed by atoms with Crippen LogP contribution >= 0.6 is 34.8 Å². The normalized spacial score (nSPS) is 10.7. The molecule has 2 aromatic rings. The van der Waals surface area contributed by atoms with Gasteiger partial charge >= 0.3 is 5.97 Å². The van der Waals surface area contributed by atoms with E-state index in [2.05, 4.69) is 6.58 Å². The van der Waals surface area contributed by atoms with Gasteiger partial charge in [0, 0.05) is 6.08 Å². The molecule has 0 heterocycles. The molecule has 0 spiro atoms. The SMILES string of the molecule is C=CCOC(=O)/C=C/c1ccc(OCc2ccc(Cl)c(Cl)c2)c(Cl)c1. The monoisotopic (exact) mass is 396 g/mol. The van der Waals surface area contributed by atoms with E-state index in [0.29, 0.717) is 27.4 Å². The summed E-state index contributed by atoms with van der Waals surface area (Å²) in [6, 6.07) is 10.5. The third kappa shape index (κ3) is 6.13. The number of hydrogen-bond donors (Lipinski definition) is 0. The molecule has 0 amide bonds. The van der Waals surface area contributed by atoms with Crippen molar-refractivity contribution in [3.8, 4) is 5.75 Å². The van der Waals surface area contributed by atoms with Gasteiger partial charge in [0.05, 0.1) is 15.1 Å². The number of benzene rings is 2. The molecule has 0 saturated heterocycles. The second-order valence-corrected chi connectivity index (χ2v) is 6.20. The standard InChI is InChI=1S/C19H15Cl3O3/c1-2-9-24-19(23)8-5-13-4-7-18(17(22)10-13)25-12-14-3-6-15(20)16(21)11-14/h2-8,10-11H,1,9,12H2/b8-5+. The molecule has 2 rings (SSSR count). The van der Waals surface area contributed by atoms with Crippen LogP contribution in [0.5, 0.6) is 5.75 Å². The Balaban J connectivity index is 1.99. The minimum Gasteiger partial charge on any atom is -0.487 e. The third-order valence-electron chi connectivity index (χ3n) is 3.09. The van der Waals surface area contributed by atoms with E-state index in [9.17, 15) is 4.79 Å². The molecule has 0 saturated carbocycles. The maximum absolute atomic E-state index is 11.4. The average molecular weight is 398 g/mol. The minimum absolute atomic E-state index is 0.172. The maximum Gasteiger partial charge on any atom is 0.331 e. The number of halogens is 3. The number of ether oxygens (including phenoxy) is 2. The van der Waals surface area contributed by atoms with Gasteiger partial charge in [-0.2, -0.15) is 0 Å². The number of rotatable bonds is 7. The van der Waals surface area contributed by atoms with Gasteiger partial charge in [-0.15, -0.1) is 0 Å². The highest BCUT2D eigenvalue weighted by Crippen LogP contribution is 2.28. The Kier molecular flexibility index (Phi) is 7.38. The van der Waals surface area contributed by atoms with Crippen molar-refractivity contribution in [3.05, 3.63) is 81.3 Å². The summed E-state index contributed by atoms with van der Waals surface area (Å²) in [5.41, 5.74) is 1.63. The molecule has 0 atom stereocenters. The predicted molar refractivity (Wildman–Crippen MR) is 102 cm³/mol. The molecule has 25 heavy (non-hydrogen) atoms. The molecule has 6 heteroatoms. The van der Waals surface area contributed by atoms with Crippen LogP contribution in [0.15, 0.2) is 55.1 Å². The molecule has 0 aromatic heterocycles. The first-order valence-corrected chi connectivity index (χ1v) is 8.45. The van der Waals surface area contributed by atoms with Crippen LogP contribution in [0, 0.1) is 0 Å². The number of esters is 1. The van der Waals surface area contributed by atoms with Gasteiger partial charge < -0.3 is 9.47 Å². The van der Waals surface area contributed by atoms with Crippen LogP contribution in [0.1, 0.15) is 11.1 Å². The summed E-state index contributed by atoms with van der Waals surface area (Å²) < 4.78 is 10.5. The first kappa shape index (κ1) is 19.4. The van der Waals surface area contributed by atoms with Gasteiger partial charge in [0.1, 0.15) is 19.0 Å². The van der Waals surface area contributed by atoms with Crippen molar-refractivity contribution in [3.63, 3.8) is 0 Å². The lowest BCUT2D eigenvalue weighted by Crippen LogP contribution is -1.99. The second-order valence-electron chi connectivity index (χ2n) is 4.98. The van der Waals surface area contributed by atoms with Crippen molar-refractivity contribution in [1.82, 2.24) is 0 Å². The summed E-state index contributed by atoms with van der Waals surface area (Å²) >= 11 is 18.1. The molecule has 0 N–H and O–H groups in total. The van der Waals surface area contributed by atoms with Gasteiger partial charge in [-0.3, -0.25) is 0 Å². The molecular weight excluding hydrogens is 383 g/mol. The van der Waals surface area contributed by atoms with Gasteiger partial charge in [0.2, 0.25) is 0 Å². The Morgan fingerprint density at radius 1 is 1.04 bits per heavy atom. The Bertz CT molecular complexity index is 800. The zero-order valence-corrected chi connectivity index (χ0v) is 15.4. The lowest BCUT2D eigenvalue weighted by Gasteiger charge is -2.09. The number of hydrogen-bond acceptors (Lipinski definition) is 3. The Labute approximate surface area is 161 Å². The van der Waals surface area contributed by atoms with Gasteiger partial charge in [0.25, 0.3) is 0 Å². The zero-order valence-electron chi connectivity index (χ0n) is 13.2. The van der Waals surface area contributed by atoms with Gasteiger partial charge in [-0.05, 0) is 41.5 Å². The molecule has 0 fully saturated rings. The third-order valence-corrected chi connectivity index (χ3v) is 4.12. The van der Waals surface area contributed by atoms with Crippen LogP contribution in [0.4, 0.5) is 0 Å². The summed E-state index contributed by atoms with van der Waals surface area (Å²) in [6.45, 7) is 3.95. The summed E-state index contributed by atoms with van der Waals surface area (Å²) in [5, 5.41) is 1.39. The topological polar surface area (TPSA) is 35.5 Å². The molecular formula is C19H15Cl3O3. The fraction of sp³-hybridized carbons (Fsp3) is 0.105. The molecule has 2 aromatic carbocycles. The van der Waals surface area contributed by atoms with Crippen molar-refractivity contribution in [2.24, 2.45) is 0 Å². The molecule has 130 valence electrons. The van der Waals surface area contributed by atoms with Gasteiger partial charge in [-0.1, -0.05) is 59.6 Å². The second kappa shape index (κ2) is 9.52. The largest absolute Gasteiger partial charge is 0.487 e. The molecule has 0 aliphatic heterocycles. The van der Waals surface area contributed by atoms with Gasteiger partial charge in [0.15, 0.2) is 0 Å². The van der Waals surface area contributed by atoms with Crippen molar-refractivity contribution in [1.29, 1.82) is 0 Å². The first-order valence-electron chi connectivity index (χ1n) is 7.31. The van der Waals surface area contributed by atoms with E-state index in [0.717, 1.165) is 11.1 Å². The van der Waals surface area contributed by atoms with Crippen LogP contribution < -0.4 is 4.74 Å². The maximum atomic E-state index is 11.4. The number of carbonyl (C=O) groups is 1. The quantitative estimate of drug-likeness (QED) is 0.328. The van der Waals surface area contributed by atoms with Crippen LogP contribution in [0.3, 0.4) is 0 Å². The Morgan fingerprint density at radius 2 is 1.84 bits per heavy atom. The molecule has 0 bridgehead atoms. The van der Waals surface area contributed by atoms with Crippen molar-refractivity contribution < 1.29 is 14.3 Å². The molecule has 3 nitrogen and oxygen atoms in total. The highest BCUT2D eigenvalue weighted by Gasteiger charge is 2.05. The summed E-state index contributed by atoms with van der Waals surface area (Å²) in [7, 11) is 0. The summed E-state index contributed by atoms with van der Waals surface area (Å²) in [6.07, 6.45) is 4.44. The van der Waals surface area contributed by atoms with Crippen LogP contribution in [-0.2, 0) is 16.1 Å². The van der Waals surface area contributed by atoms with Crippen molar-refractivity contribution >= 4 is 46.8 Å². The van der Waals surface area contributed by atoms with Crippen LogP contribution in [0.25, 0.3) is 6.08 Å². The van der Waals surface area contributed by atoms with E-state index in [1.54, 1.807) is 36.4 Å². The van der Waals surface area contributed by atoms with E-state index in [1.807, 2.05) is 6.07 Å². The average Bonchev–Trinajstić information content (AvgIpc) is 2.60. The minimum atomic E-state index is -0.448. The van der Waals surface area contributed by atoms with Crippen molar-refractivity contribution in [2.45, 2.75) is 6.61 Å². The van der Waals surface area contributed by atoms with E-state index < -0.39 is 5.97 Å². The summed E-state index contributed by atoms with van der Waals surface area (Å²) in [4.78, 5) is 11.4. The van der Waals surface area contributed by atoms with E-state index in [-0.39, 0.29) is 6.61 Å². The summed E-state index contributed by atoms with van der Waals surface area (Å²) in [5.74, 6) is 0.0788. The Hall–Kier alpha value is -1.94. The lowest BCUT2D eigenvalue weighted by molar-refractivity contribution is -0.136. The van der Waals surface area contributed by atoms with Crippen molar-refractivity contribution in [2.75, 3.05) is 6.61 Å². The molecule has 0 unspecified atom stereocenters. The van der Waals surface area contributed by atoms with E-state index >= 15 is 0 Å². The molecule has 0 radical (unpaired) electrons. The predicted octanol–water partition coefficient (Wildman–Crippen LogP) is 5.97. The first-order chi connectivity index (χ1) is 12.0. The van der Waals surface area contributed by atoms with Gasteiger partial charge in [-0.25, -0.2) is 4.79 Å². The fourth-order valence-electron chi connectivity index (χ4n) is 1.88. The van der Waals surface area contributed by atoms with Crippen LogP contribution in [-0.4, -0.2) is 12.6 Å². The van der Waals surface area contributed by atoms with E-state index in [1.165, 1.54) is 12.2 Å². The number of carbonyl (C=O) groups excluding carboxylic acids is 1. The van der Waals surface area contributed by atoms with E-state index in [4.69, 9.17) is 44.3 Å². The fourth-order valence-corrected chi connectivity index (χ4v) is 2.45. The lowest BCUT2D eigenvalue weighted by atomic mass is 10.2. The molecule has 0 aliphatic carbocycles. The Morgan fingerprint density at radius 3 is 2.52 bits per heavy atom. The molecule has 0 aliphatic rings.